The largest absolute Gasteiger partial charge is 0.493 e. The van der Waals surface area contributed by atoms with Crippen molar-refractivity contribution in [2.75, 3.05) is 39.2 Å². The first kappa shape index (κ1) is 20.6. The number of methoxy groups -OCH3 is 2. The summed E-state index contributed by atoms with van der Waals surface area (Å²) >= 11 is 0. The molecule has 1 heterocycles. The maximum atomic E-state index is 12.1. The smallest absolute Gasteiger partial charge is 0.319 e. The van der Waals surface area contributed by atoms with Crippen LogP contribution >= 0.6 is 0 Å². The molecule has 1 aromatic carbocycles. The summed E-state index contributed by atoms with van der Waals surface area (Å²) in [6.45, 7) is 8.41. The Morgan fingerprint density at radius 1 is 1.19 bits per heavy atom. The topological polar surface area (TPSA) is 80.7 Å². The summed E-state index contributed by atoms with van der Waals surface area (Å²) in [5.41, 5.74) is 1.58. The van der Waals surface area contributed by atoms with E-state index in [1.54, 1.807) is 20.4 Å². The number of anilines is 1. The van der Waals surface area contributed by atoms with Crippen LogP contribution in [-0.2, 0) is 13.1 Å². The van der Waals surface area contributed by atoms with Crippen molar-refractivity contribution in [3.63, 3.8) is 0 Å². The Labute approximate surface area is 160 Å². The molecule has 8 nitrogen and oxygen atoms in total. The van der Waals surface area contributed by atoms with E-state index in [2.05, 4.69) is 34.5 Å². The number of nitrogens with zero attached hydrogens (tertiary/aromatic N) is 3. The first-order valence-corrected chi connectivity index (χ1v) is 9.10. The standard InChI is InChI=1S/C19H29N5O3/c1-5-23(6-2)9-10-24-14-16(13-21-24)22-19(25)20-12-15-7-8-17(26-3)18(11-15)27-4/h7-8,11,13-14H,5-6,9-10,12H2,1-4H3,(H2,20,22,25). The second-order valence-corrected chi connectivity index (χ2v) is 6.02. The molecule has 8 heteroatoms. The Hall–Kier alpha value is -2.74. The van der Waals surface area contributed by atoms with Gasteiger partial charge in [0.05, 0.1) is 32.6 Å². The lowest BCUT2D eigenvalue weighted by Crippen LogP contribution is -2.28. The summed E-state index contributed by atoms with van der Waals surface area (Å²) in [5.74, 6) is 1.29. The number of benzene rings is 1. The van der Waals surface area contributed by atoms with Crippen LogP contribution in [0.1, 0.15) is 19.4 Å². The monoisotopic (exact) mass is 375 g/mol. The molecule has 0 fully saturated rings. The number of hydrogen-bond donors (Lipinski definition) is 2. The summed E-state index contributed by atoms with van der Waals surface area (Å²) in [6, 6.07) is 5.25. The molecule has 0 spiro atoms. The maximum Gasteiger partial charge on any atom is 0.319 e. The quantitative estimate of drug-likeness (QED) is 0.667. The highest BCUT2D eigenvalue weighted by Gasteiger charge is 2.08. The highest BCUT2D eigenvalue weighted by Crippen LogP contribution is 2.27. The number of urea groups is 1. The van der Waals surface area contributed by atoms with Crippen molar-refractivity contribution >= 4 is 11.7 Å². The van der Waals surface area contributed by atoms with E-state index in [1.165, 1.54) is 0 Å². The molecule has 0 aliphatic heterocycles. The summed E-state index contributed by atoms with van der Waals surface area (Å²) in [7, 11) is 3.17. The van der Waals surface area contributed by atoms with Gasteiger partial charge in [0.25, 0.3) is 0 Å². The fraction of sp³-hybridized carbons (Fsp3) is 0.474. The van der Waals surface area contributed by atoms with Gasteiger partial charge in [-0.2, -0.15) is 5.10 Å². The lowest BCUT2D eigenvalue weighted by molar-refractivity contribution is 0.251. The predicted octanol–water partition coefficient (Wildman–Crippen LogP) is 2.56. The van der Waals surface area contributed by atoms with Gasteiger partial charge in [0.15, 0.2) is 11.5 Å². The number of ether oxygens (including phenoxy) is 2. The average Bonchev–Trinajstić information content (AvgIpc) is 3.14. The van der Waals surface area contributed by atoms with E-state index in [-0.39, 0.29) is 6.03 Å². The van der Waals surface area contributed by atoms with Gasteiger partial charge in [-0.05, 0) is 30.8 Å². The fourth-order valence-corrected chi connectivity index (χ4v) is 2.68. The van der Waals surface area contributed by atoms with E-state index in [9.17, 15) is 4.79 Å². The van der Waals surface area contributed by atoms with Gasteiger partial charge in [0.2, 0.25) is 0 Å². The van der Waals surface area contributed by atoms with Gasteiger partial charge in [-0.15, -0.1) is 0 Å². The lowest BCUT2D eigenvalue weighted by Gasteiger charge is -2.17. The molecule has 2 N–H and O–H groups in total. The molecule has 0 unspecified atom stereocenters. The predicted molar refractivity (Wildman–Crippen MR) is 105 cm³/mol. The van der Waals surface area contributed by atoms with Crippen molar-refractivity contribution in [3.8, 4) is 11.5 Å². The van der Waals surface area contributed by atoms with Crippen molar-refractivity contribution in [1.82, 2.24) is 20.0 Å². The molecule has 0 radical (unpaired) electrons. The molecule has 0 bridgehead atoms. The minimum atomic E-state index is -0.284. The third-order valence-electron chi connectivity index (χ3n) is 4.33. The molecule has 0 saturated carbocycles. The van der Waals surface area contributed by atoms with Crippen LogP contribution in [0.25, 0.3) is 0 Å². The van der Waals surface area contributed by atoms with Gasteiger partial charge in [-0.3, -0.25) is 4.68 Å². The Balaban J connectivity index is 1.82. The third kappa shape index (κ3) is 6.18. The Kier molecular flexibility index (Phi) is 7.94. The summed E-state index contributed by atoms with van der Waals surface area (Å²) in [6.07, 6.45) is 3.48. The minimum absolute atomic E-state index is 0.284. The molecule has 2 amide bonds. The number of likely N-dealkylation sites (N-methyl/N-ethyl adjacent to an activating group) is 1. The van der Waals surface area contributed by atoms with E-state index >= 15 is 0 Å². The lowest BCUT2D eigenvalue weighted by atomic mass is 10.2. The zero-order chi connectivity index (χ0) is 19.6. The Morgan fingerprint density at radius 2 is 1.93 bits per heavy atom. The number of nitrogens with one attached hydrogen (secondary N) is 2. The van der Waals surface area contributed by atoms with Gasteiger partial charge in [-0.1, -0.05) is 19.9 Å². The van der Waals surface area contributed by atoms with E-state index in [0.29, 0.717) is 23.7 Å². The van der Waals surface area contributed by atoms with Crippen molar-refractivity contribution in [3.05, 3.63) is 36.2 Å². The van der Waals surface area contributed by atoms with Crippen LogP contribution in [0, 0.1) is 0 Å². The van der Waals surface area contributed by atoms with Crippen LogP contribution in [0.3, 0.4) is 0 Å². The van der Waals surface area contributed by atoms with Gasteiger partial charge in [0.1, 0.15) is 0 Å². The molecule has 2 aromatic rings. The maximum absolute atomic E-state index is 12.1. The molecule has 1 aromatic heterocycles. The first-order chi connectivity index (χ1) is 13.1. The van der Waals surface area contributed by atoms with Crippen LogP contribution in [-0.4, -0.2) is 54.6 Å². The normalized spacial score (nSPS) is 10.7. The number of rotatable bonds is 10. The van der Waals surface area contributed by atoms with Crippen molar-refractivity contribution in [2.45, 2.75) is 26.9 Å². The molecule has 0 atom stereocenters. The highest BCUT2D eigenvalue weighted by molar-refractivity contribution is 5.88. The second-order valence-electron chi connectivity index (χ2n) is 6.02. The fourth-order valence-electron chi connectivity index (χ4n) is 2.68. The Bertz CT molecular complexity index is 728. The second kappa shape index (κ2) is 10.4. The molecule has 0 saturated heterocycles. The molecule has 148 valence electrons. The van der Waals surface area contributed by atoms with E-state index in [0.717, 1.165) is 31.7 Å². The number of amides is 2. The van der Waals surface area contributed by atoms with Crippen LogP contribution < -0.4 is 20.1 Å². The zero-order valence-electron chi connectivity index (χ0n) is 16.5. The first-order valence-electron chi connectivity index (χ1n) is 9.10. The van der Waals surface area contributed by atoms with E-state index in [1.807, 2.05) is 29.1 Å². The molecule has 2 rings (SSSR count). The van der Waals surface area contributed by atoms with E-state index < -0.39 is 0 Å². The number of aromatic nitrogens is 2. The van der Waals surface area contributed by atoms with Gasteiger partial charge in [0, 0.05) is 19.3 Å². The minimum Gasteiger partial charge on any atom is -0.493 e. The molecule has 0 aliphatic rings. The Morgan fingerprint density at radius 3 is 2.59 bits per heavy atom. The highest BCUT2D eigenvalue weighted by atomic mass is 16.5. The van der Waals surface area contributed by atoms with E-state index in [4.69, 9.17) is 9.47 Å². The molecule has 27 heavy (non-hydrogen) atoms. The van der Waals surface area contributed by atoms with Crippen LogP contribution in [0.2, 0.25) is 0 Å². The molecular weight excluding hydrogens is 346 g/mol. The van der Waals surface area contributed by atoms with Crippen molar-refractivity contribution in [1.29, 1.82) is 0 Å². The van der Waals surface area contributed by atoms with Crippen molar-refractivity contribution < 1.29 is 14.3 Å². The SMILES string of the molecule is CCN(CC)CCn1cc(NC(=O)NCc2ccc(OC)c(OC)c2)cn1. The van der Waals surface area contributed by atoms with Gasteiger partial charge >= 0.3 is 6.03 Å². The summed E-state index contributed by atoms with van der Waals surface area (Å²) < 4.78 is 12.3. The molecule has 0 aliphatic carbocycles. The van der Waals surface area contributed by atoms with Crippen LogP contribution in [0.5, 0.6) is 11.5 Å². The summed E-state index contributed by atoms with van der Waals surface area (Å²) in [4.78, 5) is 14.4. The van der Waals surface area contributed by atoms with Gasteiger partial charge in [-0.25, -0.2) is 4.79 Å². The number of carbonyl (C=O) groups is 1. The number of hydrogen-bond acceptors (Lipinski definition) is 5. The third-order valence-corrected chi connectivity index (χ3v) is 4.33. The zero-order valence-corrected chi connectivity index (χ0v) is 16.5. The van der Waals surface area contributed by atoms with Crippen molar-refractivity contribution in [2.24, 2.45) is 0 Å². The summed E-state index contributed by atoms with van der Waals surface area (Å²) in [5, 5.41) is 9.91. The average molecular weight is 375 g/mol. The van der Waals surface area contributed by atoms with Crippen LogP contribution in [0.15, 0.2) is 30.6 Å². The van der Waals surface area contributed by atoms with Gasteiger partial charge < -0.3 is 25.0 Å². The van der Waals surface area contributed by atoms with Crippen LogP contribution in [0.4, 0.5) is 10.5 Å². The number of carbonyl (C=O) groups excluding carboxylic acids is 1. The molecular formula is C19H29N5O3.